The molecule has 3 aromatic carbocycles. The van der Waals surface area contributed by atoms with Gasteiger partial charge in [0, 0.05) is 16.6 Å². The molecule has 41 heavy (non-hydrogen) atoms. The number of aliphatic hydroxyl groups excluding tert-OH is 1. The van der Waals surface area contributed by atoms with Crippen molar-refractivity contribution in [2.24, 2.45) is 16.1 Å². The Balaban J connectivity index is 1.15. The van der Waals surface area contributed by atoms with Crippen LogP contribution in [0.2, 0.25) is 0 Å². The first kappa shape index (κ1) is 26.2. The number of hydrogen-bond acceptors (Lipinski definition) is 6. The summed E-state index contributed by atoms with van der Waals surface area (Å²) < 4.78 is 7.31. The molecule has 4 aromatic rings. The summed E-state index contributed by atoms with van der Waals surface area (Å²) >= 11 is 0. The third-order valence-corrected chi connectivity index (χ3v) is 6.91. The summed E-state index contributed by atoms with van der Waals surface area (Å²) in [7, 11) is 0. The van der Waals surface area contributed by atoms with Gasteiger partial charge in [-0.25, -0.2) is 0 Å². The third-order valence-electron chi connectivity index (χ3n) is 6.91. The Morgan fingerprint density at radius 1 is 0.976 bits per heavy atom. The Kier molecular flexibility index (Phi) is 7.44. The molecule has 0 spiro atoms. The number of carbonyl (C=O) groups excluding carboxylic acids is 2. The molecule has 1 aliphatic carbocycles. The highest BCUT2D eigenvalue weighted by Gasteiger charge is 2.27. The van der Waals surface area contributed by atoms with Crippen LogP contribution >= 0.6 is 0 Å². The summed E-state index contributed by atoms with van der Waals surface area (Å²) in [5.74, 6) is -1.08. The van der Waals surface area contributed by atoms with Crippen LogP contribution in [0, 0.1) is 5.92 Å². The van der Waals surface area contributed by atoms with E-state index in [2.05, 4.69) is 20.6 Å². The zero-order valence-corrected chi connectivity index (χ0v) is 22.1. The molecule has 2 aliphatic rings. The normalized spacial score (nSPS) is 16.7. The van der Waals surface area contributed by atoms with E-state index < -0.39 is 12.0 Å². The minimum Gasteiger partial charge on any atom is -0.389 e. The highest BCUT2D eigenvalue weighted by Crippen LogP contribution is 2.34. The molecule has 0 bridgehead atoms. The van der Waals surface area contributed by atoms with Crippen LogP contribution in [0.3, 0.4) is 0 Å². The largest absolute Gasteiger partial charge is 0.389 e. The number of nitrogens with one attached hydrogen (secondary N) is 1. The topological polar surface area (TPSA) is 118 Å². The first-order chi connectivity index (χ1) is 20.1. The predicted octanol–water partition coefficient (Wildman–Crippen LogP) is 5.31. The standard InChI is InChI=1S/C32H27N5O4/c38-24(20-41-19-21-8-2-1-3-9-21)18-37-28-13-7-6-12-27(28)30(36-37)32(40)33-23-16-14-22(15-17-23)29-25-10-4-5-11-26(25)31(39)35-34-29/h1-17,24,26,38H,18-20H2,(H,33,40). The molecular weight excluding hydrogens is 518 g/mol. The predicted molar refractivity (Wildman–Crippen MR) is 155 cm³/mol. The van der Waals surface area contributed by atoms with Gasteiger partial charge in [0.15, 0.2) is 5.69 Å². The monoisotopic (exact) mass is 545 g/mol. The van der Waals surface area contributed by atoms with Gasteiger partial charge in [-0.15, -0.1) is 10.2 Å². The van der Waals surface area contributed by atoms with E-state index in [-0.39, 0.29) is 30.7 Å². The maximum Gasteiger partial charge on any atom is 0.276 e. The number of hydrogen-bond donors (Lipinski definition) is 2. The SMILES string of the molecule is O=C(Nc1ccc(C2=C3C=CC=CC3C(=O)N=N2)cc1)c1nn(CC(O)COCc2ccccc2)c2ccccc12. The van der Waals surface area contributed by atoms with Crippen LogP contribution in [0.1, 0.15) is 21.6 Å². The number of aliphatic hydroxyl groups is 1. The zero-order chi connectivity index (χ0) is 28.2. The number of nitrogens with zero attached hydrogens (tertiary/aromatic N) is 4. The van der Waals surface area contributed by atoms with Crippen LogP contribution in [-0.2, 0) is 22.7 Å². The van der Waals surface area contributed by atoms with Crippen molar-refractivity contribution in [3.63, 3.8) is 0 Å². The van der Waals surface area contributed by atoms with E-state index in [0.717, 1.165) is 22.2 Å². The van der Waals surface area contributed by atoms with Crippen LogP contribution in [0.4, 0.5) is 5.69 Å². The minimum atomic E-state index is -0.804. The van der Waals surface area contributed by atoms with E-state index in [4.69, 9.17) is 4.74 Å². The van der Waals surface area contributed by atoms with Crippen LogP contribution in [0.25, 0.3) is 16.6 Å². The van der Waals surface area contributed by atoms with Crippen molar-refractivity contribution in [3.05, 3.63) is 126 Å². The average molecular weight is 546 g/mol. The fraction of sp³-hybridized carbons (Fsp3) is 0.156. The maximum absolute atomic E-state index is 13.3. The van der Waals surface area contributed by atoms with Crippen molar-refractivity contribution >= 4 is 34.1 Å². The Hall–Kier alpha value is -4.99. The lowest BCUT2D eigenvalue weighted by molar-refractivity contribution is -0.119. The molecule has 204 valence electrons. The van der Waals surface area contributed by atoms with Gasteiger partial charge in [0.05, 0.1) is 43.0 Å². The highest BCUT2D eigenvalue weighted by molar-refractivity contribution is 6.11. The molecular formula is C32H27N5O4. The van der Waals surface area contributed by atoms with Gasteiger partial charge in [0.25, 0.3) is 11.8 Å². The number of aromatic nitrogens is 2. The summed E-state index contributed by atoms with van der Waals surface area (Å²) in [6.45, 7) is 0.712. The maximum atomic E-state index is 13.3. The Morgan fingerprint density at radius 3 is 2.59 bits per heavy atom. The van der Waals surface area contributed by atoms with Gasteiger partial charge < -0.3 is 15.2 Å². The number of amides is 2. The van der Waals surface area contributed by atoms with Gasteiger partial charge in [-0.2, -0.15) is 5.10 Å². The van der Waals surface area contributed by atoms with Gasteiger partial charge in [0.2, 0.25) is 0 Å². The first-order valence-electron chi connectivity index (χ1n) is 13.3. The summed E-state index contributed by atoms with van der Waals surface area (Å²) in [6.07, 6.45) is 6.58. The molecule has 9 nitrogen and oxygen atoms in total. The lowest BCUT2D eigenvalue weighted by Crippen LogP contribution is -2.23. The molecule has 0 saturated heterocycles. The van der Waals surface area contributed by atoms with Crippen molar-refractivity contribution in [1.29, 1.82) is 0 Å². The second-order valence-corrected chi connectivity index (χ2v) is 9.80. The fourth-order valence-corrected chi connectivity index (χ4v) is 4.90. The van der Waals surface area contributed by atoms with Crippen LogP contribution in [0.15, 0.2) is 119 Å². The smallest absolute Gasteiger partial charge is 0.276 e. The molecule has 0 radical (unpaired) electrons. The molecule has 2 heterocycles. The molecule has 1 aromatic heterocycles. The lowest BCUT2D eigenvalue weighted by atomic mass is 9.89. The van der Waals surface area contributed by atoms with Crippen molar-refractivity contribution in [3.8, 4) is 0 Å². The molecule has 1 aliphatic heterocycles. The molecule has 2 amide bonds. The zero-order valence-electron chi connectivity index (χ0n) is 22.1. The number of carbonyl (C=O) groups is 2. The number of azo groups is 1. The molecule has 2 atom stereocenters. The fourth-order valence-electron chi connectivity index (χ4n) is 4.90. The number of anilines is 1. The number of rotatable bonds is 9. The Bertz CT molecular complexity index is 1720. The number of ether oxygens (including phenoxy) is 1. The van der Waals surface area contributed by atoms with Crippen molar-refractivity contribution in [2.75, 3.05) is 11.9 Å². The van der Waals surface area contributed by atoms with Crippen molar-refractivity contribution in [2.45, 2.75) is 19.3 Å². The molecule has 2 unspecified atom stereocenters. The average Bonchev–Trinajstić information content (AvgIpc) is 3.37. The molecule has 2 N–H and O–H groups in total. The molecule has 0 saturated carbocycles. The van der Waals surface area contributed by atoms with Gasteiger partial charge in [-0.1, -0.05) is 85.0 Å². The number of para-hydroxylation sites is 1. The van der Waals surface area contributed by atoms with E-state index in [1.165, 1.54) is 0 Å². The van der Waals surface area contributed by atoms with Gasteiger partial charge in [-0.05, 0) is 29.3 Å². The molecule has 6 rings (SSSR count). The number of benzene rings is 3. The quantitative estimate of drug-likeness (QED) is 0.295. The minimum absolute atomic E-state index is 0.135. The summed E-state index contributed by atoms with van der Waals surface area (Å²) in [5, 5.41) is 26.7. The van der Waals surface area contributed by atoms with Crippen LogP contribution < -0.4 is 5.32 Å². The van der Waals surface area contributed by atoms with Crippen LogP contribution in [0.5, 0.6) is 0 Å². The number of allylic oxidation sites excluding steroid dienone is 3. The summed E-state index contributed by atoms with van der Waals surface area (Å²) in [4.78, 5) is 25.4. The number of fused-ring (bicyclic) bond motifs is 2. The molecule has 0 fully saturated rings. The van der Waals surface area contributed by atoms with Crippen LogP contribution in [-0.4, -0.2) is 39.4 Å². The van der Waals surface area contributed by atoms with Crippen molar-refractivity contribution < 1.29 is 19.4 Å². The van der Waals surface area contributed by atoms with Gasteiger partial charge in [-0.3, -0.25) is 14.3 Å². The lowest BCUT2D eigenvalue weighted by Gasteiger charge is -2.19. The van der Waals surface area contributed by atoms with Gasteiger partial charge >= 0.3 is 0 Å². The van der Waals surface area contributed by atoms with E-state index in [1.54, 1.807) is 16.8 Å². The molecule has 9 heteroatoms. The summed E-state index contributed by atoms with van der Waals surface area (Å²) in [6, 6.07) is 24.4. The van der Waals surface area contributed by atoms with Crippen molar-refractivity contribution in [1.82, 2.24) is 9.78 Å². The third kappa shape index (κ3) is 5.67. The Labute approximate surface area is 236 Å². The van der Waals surface area contributed by atoms with E-state index >= 15 is 0 Å². The van der Waals surface area contributed by atoms with E-state index in [0.29, 0.717) is 23.4 Å². The second-order valence-electron chi connectivity index (χ2n) is 9.80. The summed E-state index contributed by atoms with van der Waals surface area (Å²) in [5.41, 5.74) is 4.82. The first-order valence-corrected chi connectivity index (χ1v) is 13.3. The second kappa shape index (κ2) is 11.6. The van der Waals surface area contributed by atoms with E-state index in [9.17, 15) is 14.7 Å². The highest BCUT2D eigenvalue weighted by atomic mass is 16.5. The van der Waals surface area contributed by atoms with E-state index in [1.807, 2.05) is 91.0 Å². The van der Waals surface area contributed by atoms with Gasteiger partial charge in [0.1, 0.15) is 0 Å². The Morgan fingerprint density at radius 2 is 1.76 bits per heavy atom.